The molecular weight excluding hydrogens is 138 g/mol. The van der Waals surface area contributed by atoms with E-state index < -0.39 is 0 Å². The van der Waals surface area contributed by atoms with E-state index in [1.807, 2.05) is 0 Å². The Hall–Kier alpha value is -0.0800. The monoisotopic (exact) mass is 157 g/mol. The molecular formula is C9H19NO. The lowest BCUT2D eigenvalue weighted by molar-refractivity contribution is 0.113. The summed E-state index contributed by atoms with van der Waals surface area (Å²) in [6, 6.07) is 0.373. The van der Waals surface area contributed by atoms with Crippen LogP contribution in [0.3, 0.4) is 0 Å². The Bertz CT molecular complexity index is 108. The lowest BCUT2D eigenvalue weighted by atomic mass is 9.99. The van der Waals surface area contributed by atoms with Crippen molar-refractivity contribution < 1.29 is 5.11 Å². The van der Waals surface area contributed by atoms with Crippen LogP contribution < -0.4 is 5.32 Å². The molecule has 0 saturated carbocycles. The number of nitrogens with one attached hydrogen (secondary N) is 1. The van der Waals surface area contributed by atoms with Gasteiger partial charge in [0.15, 0.2) is 0 Å². The first-order chi connectivity index (χ1) is 5.20. The van der Waals surface area contributed by atoms with E-state index in [1.54, 1.807) is 0 Å². The SMILES string of the molecule is CC(C)CC(O)[C@@H]1CCCN1. The van der Waals surface area contributed by atoms with Crippen LogP contribution in [0, 0.1) is 5.92 Å². The molecule has 1 unspecified atom stereocenters. The van der Waals surface area contributed by atoms with Crippen LogP contribution in [-0.4, -0.2) is 23.8 Å². The summed E-state index contributed by atoms with van der Waals surface area (Å²) in [7, 11) is 0. The third-order valence-corrected chi connectivity index (χ3v) is 2.28. The summed E-state index contributed by atoms with van der Waals surface area (Å²) in [5.41, 5.74) is 0. The van der Waals surface area contributed by atoms with Crippen molar-refractivity contribution in [3.63, 3.8) is 0 Å². The Morgan fingerprint density at radius 1 is 1.55 bits per heavy atom. The molecule has 11 heavy (non-hydrogen) atoms. The number of hydrogen-bond donors (Lipinski definition) is 2. The Morgan fingerprint density at radius 2 is 2.27 bits per heavy atom. The Morgan fingerprint density at radius 3 is 2.73 bits per heavy atom. The summed E-state index contributed by atoms with van der Waals surface area (Å²) in [5, 5.41) is 13.0. The van der Waals surface area contributed by atoms with Gasteiger partial charge in [0.05, 0.1) is 6.10 Å². The summed E-state index contributed by atoms with van der Waals surface area (Å²) >= 11 is 0. The van der Waals surface area contributed by atoms with Crippen molar-refractivity contribution in [2.24, 2.45) is 5.92 Å². The molecule has 0 aromatic carbocycles. The predicted octanol–water partition coefficient (Wildman–Crippen LogP) is 1.15. The Kier molecular flexibility index (Phi) is 3.34. The maximum absolute atomic E-state index is 9.66. The van der Waals surface area contributed by atoms with Gasteiger partial charge in [-0.15, -0.1) is 0 Å². The van der Waals surface area contributed by atoms with Gasteiger partial charge < -0.3 is 10.4 Å². The molecule has 2 nitrogen and oxygen atoms in total. The van der Waals surface area contributed by atoms with E-state index in [0.29, 0.717) is 12.0 Å². The highest BCUT2D eigenvalue weighted by molar-refractivity contribution is 4.81. The molecule has 66 valence electrons. The third-order valence-electron chi connectivity index (χ3n) is 2.28. The number of aliphatic hydroxyl groups is 1. The molecule has 0 aliphatic carbocycles. The topological polar surface area (TPSA) is 32.3 Å². The first kappa shape index (κ1) is 9.01. The van der Waals surface area contributed by atoms with Gasteiger partial charge in [-0.2, -0.15) is 0 Å². The molecule has 0 amide bonds. The highest BCUT2D eigenvalue weighted by Crippen LogP contribution is 2.15. The second-order valence-electron chi connectivity index (χ2n) is 3.90. The van der Waals surface area contributed by atoms with E-state index in [1.165, 1.54) is 6.42 Å². The minimum absolute atomic E-state index is 0.127. The van der Waals surface area contributed by atoms with E-state index in [4.69, 9.17) is 0 Å². The fraction of sp³-hybridized carbons (Fsp3) is 1.00. The second kappa shape index (κ2) is 4.07. The van der Waals surface area contributed by atoms with Gasteiger partial charge in [-0.25, -0.2) is 0 Å². The van der Waals surface area contributed by atoms with Gasteiger partial charge >= 0.3 is 0 Å². The van der Waals surface area contributed by atoms with Crippen molar-refractivity contribution in [2.75, 3.05) is 6.54 Å². The molecule has 1 heterocycles. The molecule has 1 rings (SSSR count). The van der Waals surface area contributed by atoms with E-state index in [9.17, 15) is 5.11 Å². The third kappa shape index (κ3) is 2.80. The van der Waals surface area contributed by atoms with Crippen molar-refractivity contribution >= 4 is 0 Å². The predicted molar refractivity (Wildman–Crippen MR) is 46.5 cm³/mol. The number of rotatable bonds is 3. The van der Waals surface area contributed by atoms with Crippen LogP contribution in [0.2, 0.25) is 0 Å². The largest absolute Gasteiger partial charge is 0.391 e. The van der Waals surface area contributed by atoms with Crippen molar-refractivity contribution in [3.8, 4) is 0 Å². The molecule has 2 N–H and O–H groups in total. The summed E-state index contributed by atoms with van der Waals surface area (Å²) in [6.45, 7) is 5.39. The first-order valence-corrected chi connectivity index (χ1v) is 4.61. The van der Waals surface area contributed by atoms with Crippen LogP contribution in [0.25, 0.3) is 0 Å². The highest BCUT2D eigenvalue weighted by Gasteiger charge is 2.22. The molecule has 0 spiro atoms. The average molecular weight is 157 g/mol. The molecule has 0 bridgehead atoms. The molecule has 0 radical (unpaired) electrons. The van der Waals surface area contributed by atoms with Gasteiger partial charge in [-0.3, -0.25) is 0 Å². The Labute approximate surface area is 69.0 Å². The zero-order chi connectivity index (χ0) is 8.27. The van der Waals surface area contributed by atoms with Crippen molar-refractivity contribution in [1.82, 2.24) is 5.32 Å². The van der Waals surface area contributed by atoms with Gasteiger partial charge in [0.2, 0.25) is 0 Å². The van der Waals surface area contributed by atoms with Crippen LogP contribution in [0.15, 0.2) is 0 Å². The first-order valence-electron chi connectivity index (χ1n) is 4.61. The van der Waals surface area contributed by atoms with Crippen molar-refractivity contribution in [2.45, 2.75) is 45.3 Å². The standard InChI is InChI=1S/C9H19NO/c1-7(2)6-9(11)8-4-3-5-10-8/h7-11H,3-6H2,1-2H3/t8-,9?/m0/s1. The van der Waals surface area contributed by atoms with E-state index in [2.05, 4.69) is 19.2 Å². The van der Waals surface area contributed by atoms with Gasteiger partial charge in [0.1, 0.15) is 0 Å². The molecule has 2 atom stereocenters. The summed E-state index contributed by atoms with van der Waals surface area (Å²) < 4.78 is 0. The van der Waals surface area contributed by atoms with Crippen LogP contribution in [0.5, 0.6) is 0 Å². The minimum Gasteiger partial charge on any atom is -0.391 e. The second-order valence-corrected chi connectivity index (χ2v) is 3.90. The fourth-order valence-corrected chi connectivity index (χ4v) is 1.69. The molecule has 2 heteroatoms. The van der Waals surface area contributed by atoms with Gasteiger partial charge in [0, 0.05) is 6.04 Å². The average Bonchev–Trinajstić information content (AvgIpc) is 2.35. The molecule has 0 aromatic heterocycles. The quantitative estimate of drug-likeness (QED) is 0.644. The molecule has 1 aliphatic rings. The zero-order valence-electron chi connectivity index (χ0n) is 7.51. The molecule has 1 saturated heterocycles. The van der Waals surface area contributed by atoms with Crippen LogP contribution in [-0.2, 0) is 0 Å². The van der Waals surface area contributed by atoms with Crippen molar-refractivity contribution in [3.05, 3.63) is 0 Å². The van der Waals surface area contributed by atoms with E-state index >= 15 is 0 Å². The van der Waals surface area contributed by atoms with Crippen LogP contribution in [0.4, 0.5) is 0 Å². The van der Waals surface area contributed by atoms with Gasteiger partial charge in [-0.05, 0) is 31.7 Å². The minimum atomic E-state index is -0.127. The fourth-order valence-electron chi connectivity index (χ4n) is 1.69. The van der Waals surface area contributed by atoms with Gasteiger partial charge in [0.25, 0.3) is 0 Å². The maximum Gasteiger partial charge on any atom is 0.0695 e. The normalized spacial score (nSPS) is 27.8. The summed E-state index contributed by atoms with van der Waals surface area (Å²) in [6.07, 6.45) is 3.17. The lowest BCUT2D eigenvalue weighted by Gasteiger charge is -2.19. The van der Waals surface area contributed by atoms with E-state index in [0.717, 1.165) is 19.4 Å². The van der Waals surface area contributed by atoms with Crippen LogP contribution >= 0.6 is 0 Å². The smallest absolute Gasteiger partial charge is 0.0695 e. The van der Waals surface area contributed by atoms with E-state index in [-0.39, 0.29) is 6.10 Å². The Balaban J connectivity index is 2.22. The zero-order valence-corrected chi connectivity index (χ0v) is 7.51. The summed E-state index contributed by atoms with van der Waals surface area (Å²) in [4.78, 5) is 0. The molecule has 1 aliphatic heterocycles. The lowest BCUT2D eigenvalue weighted by Crippen LogP contribution is -2.35. The highest BCUT2D eigenvalue weighted by atomic mass is 16.3. The summed E-state index contributed by atoms with van der Waals surface area (Å²) in [5.74, 6) is 0.604. The van der Waals surface area contributed by atoms with Crippen molar-refractivity contribution in [1.29, 1.82) is 0 Å². The number of hydrogen-bond acceptors (Lipinski definition) is 2. The van der Waals surface area contributed by atoms with Gasteiger partial charge in [-0.1, -0.05) is 13.8 Å². The van der Waals surface area contributed by atoms with Crippen LogP contribution in [0.1, 0.15) is 33.1 Å². The molecule has 1 fully saturated rings. The number of aliphatic hydroxyl groups excluding tert-OH is 1. The molecule has 0 aromatic rings. The maximum atomic E-state index is 9.66.